The Labute approximate surface area is 372 Å². The maximum Gasteiger partial charge on any atom is 0.187 e. The van der Waals surface area contributed by atoms with Crippen LogP contribution in [0.4, 0.5) is 0 Å². The highest BCUT2D eigenvalue weighted by Gasteiger charge is 2.58. The summed E-state index contributed by atoms with van der Waals surface area (Å²) >= 11 is 0. The van der Waals surface area contributed by atoms with E-state index in [9.17, 15) is 91.9 Å². The topological polar surface area (TPSA) is 475 Å². The van der Waals surface area contributed by atoms with E-state index in [4.69, 9.17) is 56.8 Å². The first kappa shape index (κ1) is 52.6. The Bertz CT molecular complexity index is 1230. The second-order valence-corrected chi connectivity index (χ2v) is 16.8. The Hall–Kier alpha value is -1.20. The fourth-order valence-electron chi connectivity index (χ4n) is 8.93. The molecule has 30 heteroatoms. The number of hydrogen-bond acceptors (Lipinski definition) is 30. The molecule has 0 amide bonds. The molecule has 22 fully saturated rings. The predicted octanol–water partition coefficient (Wildman–Crippen LogP) is -13.1. The van der Waals surface area contributed by atoms with Crippen molar-refractivity contribution in [1.29, 1.82) is 0 Å². The van der Waals surface area contributed by atoms with Crippen molar-refractivity contribution < 1.29 is 149 Å². The molecule has 0 saturated carbocycles. The number of ether oxygens (including phenoxy) is 12. The molecule has 30 atom stereocenters. The summed E-state index contributed by atoms with van der Waals surface area (Å²) in [6.45, 7) is -5.99. The van der Waals surface area contributed by atoms with Crippen LogP contribution in [0.1, 0.15) is 0 Å². The van der Waals surface area contributed by atoms with Gasteiger partial charge in [-0.1, -0.05) is 0 Å². The minimum Gasteiger partial charge on any atom is -0.394 e. The first-order valence-corrected chi connectivity index (χ1v) is 21.1. The van der Waals surface area contributed by atoms with Crippen LogP contribution in [0.5, 0.6) is 0 Å². The first-order valence-electron chi connectivity index (χ1n) is 21.1. The molecule has 0 aromatic rings. The lowest BCUT2D eigenvalue weighted by atomic mass is 9.94. The highest BCUT2D eigenvalue weighted by Crippen LogP contribution is 2.38. The molecule has 22 aliphatic rings. The van der Waals surface area contributed by atoms with Gasteiger partial charge >= 0.3 is 0 Å². The Kier molecular flexibility index (Phi) is 17.6. The monoisotopic (exact) mass is 972 g/mol. The van der Waals surface area contributed by atoms with Gasteiger partial charge in [0.2, 0.25) is 0 Å². The van der Waals surface area contributed by atoms with Gasteiger partial charge in [-0.05, 0) is 0 Å². The summed E-state index contributed by atoms with van der Waals surface area (Å²) < 4.78 is 67.9. The first-order chi connectivity index (χ1) is 31.4. The normalized spacial score (nSPS) is 55.4. The van der Waals surface area contributed by atoms with Gasteiger partial charge in [0.05, 0.1) is 39.6 Å². The highest BCUT2D eigenvalue weighted by molar-refractivity contribution is 5.01. The van der Waals surface area contributed by atoms with Gasteiger partial charge in [-0.3, -0.25) is 0 Å². The van der Waals surface area contributed by atoms with Crippen LogP contribution in [0.2, 0.25) is 0 Å². The Balaban J connectivity index is 1.19. The molecule has 0 radical (unpaired) electrons. The molecule has 66 heavy (non-hydrogen) atoms. The smallest absolute Gasteiger partial charge is 0.187 e. The molecule has 18 N–H and O–H groups in total. The Morgan fingerprint density at radius 2 is 0.303 bits per heavy atom. The zero-order chi connectivity index (χ0) is 48.0. The van der Waals surface area contributed by atoms with E-state index in [2.05, 4.69) is 0 Å². The van der Waals surface area contributed by atoms with Gasteiger partial charge in [0.25, 0.3) is 0 Å². The zero-order valence-corrected chi connectivity index (χ0v) is 34.5. The highest BCUT2D eigenvalue weighted by atomic mass is 16.8. The lowest BCUT2D eigenvalue weighted by Crippen LogP contribution is -2.69. The van der Waals surface area contributed by atoms with E-state index in [1.165, 1.54) is 0 Å². The van der Waals surface area contributed by atoms with Crippen LogP contribution in [0.3, 0.4) is 0 Å². The summed E-state index contributed by atoms with van der Waals surface area (Å²) in [4.78, 5) is 0. The van der Waals surface area contributed by atoms with Gasteiger partial charge in [0.1, 0.15) is 146 Å². The van der Waals surface area contributed by atoms with Crippen LogP contribution >= 0.6 is 0 Å². The van der Waals surface area contributed by atoms with E-state index >= 15 is 0 Å². The number of aliphatic hydroxyl groups is 18. The average Bonchev–Trinajstić information content (AvgIpc) is 3.31. The third-order valence-corrected chi connectivity index (χ3v) is 12.7. The summed E-state index contributed by atoms with van der Waals surface area (Å²) in [5.74, 6) is 0. The molecule has 0 spiro atoms. The summed E-state index contributed by atoms with van der Waals surface area (Å²) in [6, 6.07) is 0. The van der Waals surface area contributed by atoms with Crippen molar-refractivity contribution in [2.45, 2.75) is 184 Å². The summed E-state index contributed by atoms with van der Waals surface area (Å²) in [5, 5.41) is 196. The van der Waals surface area contributed by atoms with Crippen molar-refractivity contribution in [3.63, 3.8) is 0 Å². The number of hydrogen-bond donors (Lipinski definition) is 18. The minimum atomic E-state index is -2.15. The largest absolute Gasteiger partial charge is 0.394 e. The average molecular weight is 973 g/mol. The van der Waals surface area contributed by atoms with Crippen LogP contribution in [0.15, 0.2) is 0 Å². The molecule has 384 valence electrons. The summed E-state index contributed by atoms with van der Waals surface area (Å²) in [6.07, 6.45) is -58.5. The van der Waals surface area contributed by atoms with Gasteiger partial charge in [-0.2, -0.15) is 0 Å². The lowest BCUT2D eigenvalue weighted by Gasteiger charge is -2.50. The maximum atomic E-state index is 11.2. The SMILES string of the molecule is OC[C@H]1OC2OC3[C@H](O)C(O)C(OC4[C@H](O)C(O)C(OC5[C@H](O)C(O)C(OC6[C@H](O)C(O)C(OC7[C@H](O)C(O)C(OC1[C@H](O)C2O)O[C@@H]7CO)O[C@@H]6CO)O[C@@H]5CO)O[C@@H]4CO)O[C@@H]3CO. The number of rotatable bonds is 6. The van der Waals surface area contributed by atoms with Crippen LogP contribution in [-0.4, -0.2) is 316 Å². The molecule has 22 rings (SSSR count). The van der Waals surface area contributed by atoms with Crippen LogP contribution in [0.25, 0.3) is 0 Å². The van der Waals surface area contributed by atoms with E-state index in [0.29, 0.717) is 0 Å². The standard InChI is InChI=1S/C36H60O30/c37-1-7-25-13(43)19(49)31(55-7)62-26-8(2-38)57-33(21(51)15(26)45)64-28-10(4-40)59-35(23(53)17(28)47)66-30-12(6-42)60-36(24(54)18(30)48)65-29-11(5-41)58-34(22(52)16(29)46)63-27-9(3-39)56-32(61-25)20(50)14(27)44/h7-54H,1-6H2/t7-,8-,9-,10-,11-,12-,13-,14-,15-,16-,17-,18-,19?,20?,21?,22?,23?,24?,25?,26?,27?,28?,29?,30?,31?,32?,33?,34?,35?,36?/m1/s1. The van der Waals surface area contributed by atoms with Crippen LogP contribution in [0, 0.1) is 0 Å². The van der Waals surface area contributed by atoms with Crippen LogP contribution < -0.4 is 0 Å². The molecule has 0 aromatic heterocycles. The van der Waals surface area contributed by atoms with E-state index < -0.39 is 224 Å². The third kappa shape index (κ3) is 10.0. The van der Waals surface area contributed by atoms with Crippen molar-refractivity contribution in [2.24, 2.45) is 0 Å². The van der Waals surface area contributed by atoms with E-state index in [1.807, 2.05) is 0 Å². The third-order valence-electron chi connectivity index (χ3n) is 12.7. The molecular formula is C36H60O30. The van der Waals surface area contributed by atoms with E-state index in [1.54, 1.807) is 0 Å². The van der Waals surface area contributed by atoms with Crippen molar-refractivity contribution in [3.05, 3.63) is 0 Å². The maximum absolute atomic E-state index is 11.2. The van der Waals surface area contributed by atoms with E-state index in [-0.39, 0.29) is 0 Å². The second kappa shape index (κ2) is 22.1. The zero-order valence-electron chi connectivity index (χ0n) is 34.5. The molecule has 18 unspecified atom stereocenters. The molecule has 22 heterocycles. The fourth-order valence-corrected chi connectivity index (χ4v) is 8.93. The van der Waals surface area contributed by atoms with Crippen molar-refractivity contribution in [2.75, 3.05) is 39.6 Å². The van der Waals surface area contributed by atoms with Gasteiger partial charge in [0.15, 0.2) is 37.7 Å². The predicted molar refractivity (Wildman–Crippen MR) is 196 cm³/mol. The second-order valence-electron chi connectivity index (χ2n) is 16.8. The molecule has 22 saturated heterocycles. The molecule has 12 bridgehead atoms. The summed E-state index contributed by atoms with van der Waals surface area (Å²) in [7, 11) is 0. The Morgan fingerprint density at radius 3 is 0.409 bits per heavy atom. The van der Waals surface area contributed by atoms with Gasteiger partial charge in [0, 0.05) is 0 Å². The van der Waals surface area contributed by atoms with Gasteiger partial charge in [-0.15, -0.1) is 0 Å². The molecule has 0 aliphatic carbocycles. The van der Waals surface area contributed by atoms with Gasteiger partial charge < -0.3 is 149 Å². The summed E-state index contributed by atoms with van der Waals surface area (Å²) in [5.41, 5.74) is 0. The molecule has 22 aliphatic heterocycles. The molecule has 0 aromatic carbocycles. The molecular weight excluding hydrogens is 912 g/mol. The van der Waals surface area contributed by atoms with Crippen LogP contribution in [-0.2, 0) is 56.8 Å². The van der Waals surface area contributed by atoms with Crippen molar-refractivity contribution >= 4 is 0 Å². The van der Waals surface area contributed by atoms with Gasteiger partial charge in [-0.25, -0.2) is 0 Å². The number of aliphatic hydroxyl groups excluding tert-OH is 18. The van der Waals surface area contributed by atoms with Crippen molar-refractivity contribution in [3.8, 4) is 0 Å². The Morgan fingerprint density at radius 1 is 0.182 bits per heavy atom. The quantitative estimate of drug-likeness (QED) is 0.117. The fraction of sp³-hybridized carbons (Fsp3) is 1.00. The van der Waals surface area contributed by atoms with Crippen molar-refractivity contribution in [1.82, 2.24) is 0 Å². The lowest BCUT2D eigenvalue weighted by molar-refractivity contribution is -0.404. The van der Waals surface area contributed by atoms with E-state index in [0.717, 1.165) is 0 Å². The minimum absolute atomic E-state index is 0.999. The molecule has 30 nitrogen and oxygen atoms in total.